The van der Waals surface area contributed by atoms with Gasteiger partial charge >= 0.3 is 5.97 Å². The van der Waals surface area contributed by atoms with Crippen LogP contribution in [0.3, 0.4) is 0 Å². The topological polar surface area (TPSA) is 58.4 Å². The van der Waals surface area contributed by atoms with E-state index in [-0.39, 0.29) is 5.92 Å². The normalized spacial score (nSPS) is 18.3. The second-order valence-corrected chi connectivity index (χ2v) is 5.38. The maximum absolute atomic E-state index is 10.9. The van der Waals surface area contributed by atoms with Crippen molar-refractivity contribution in [2.45, 2.75) is 40.3 Å². The summed E-state index contributed by atoms with van der Waals surface area (Å²) in [4.78, 5) is 13.2. The number of rotatable bonds is 6. The van der Waals surface area contributed by atoms with E-state index in [2.05, 4.69) is 29.9 Å². The molecule has 1 N–H and O–H groups in total. The van der Waals surface area contributed by atoms with Crippen LogP contribution in [0, 0.1) is 11.8 Å². The van der Waals surface area contributed by atoms with Gasteiger partial charge in [0.2, 0.25) is 0 Å². The molecule has 2 heterocycles. The number of aliphatic carboxylic acids is 1. The summed E-state index contributed by atoms with van der Waals surface area (Å²) in [6.07, 6.45) is 0.957. The van der Waals surface area contributed by atoms with Gasteiger partial charge in [-0.1, -0.05) is 13.8 Å². The molecule has 0 aromatic carbocycles. The Morgan fingerprint density at radius 2 is 2.21 bits per heavy atom. The van der Waals surface area contributed by atoms with Gasteiger partial charge in [0.25, 0.3) is 0 Å². The van der Waals surface area contributed by atoms with Crippen molar-refractivity contribution in [2.24, 2.45) is 11.8 Å². The molecule has 0 bridgehead atoms. The number of aryl methyl sites for hydroxylation is 2. The zero-order valence-corrected chi connectivity index (χ0v) is 12.0. The molecule has 5 nitrogen and oxygen atoms in total. The molecule has 1 aliphatic rings. The minimum Gasteiger partial charge on any atom is -0.481 e. The summed E-state index contributed by atoms with van der Waals surface area (Å²) >= 11 is 0. The van der Waals surface area contributed by atoms with E-state index >= 15 is 0 Å². The lowest BCUT2D eigenvalue weighted by Crippen LogP contribution is -2.50. The molecule has 1 aromatic rings. The minimum atomic E-state index is -0.684. The molecule has 2 rings (SSSR count). The molecule has 1 unspecified atom stereocenters. The lowest BCUT2D eigenvalue weighted by Gasteiger charge is -2.41. The summed E-state index contributed by atoms with van der Waals surface area (Å²) in [6.45, 7) is 9.53. The number of aromatic nitrogens is 2. The second-order valence-electron chi connectivity index (χ2n) is 5.38. The molecule has 1 saturated heterocycles. The van der Waals surface area contributed by atoms with Crippen LogP contribution in [0.2, 0.25) is 0 Å². The van der Waals surface area contributed by atoms with Crippen molar-refractivity contribution in [1.29, 1.82) is 0 Å². The SMILES string of the molecule is CCc1cc(CN2CC(C(C)C(=O)O)C2)n(CC)n1. The van der Waals surface area contributed by atoms with Gasteiger partial charge in [0, 0.05) is 26.2 Å². The number of hydrogen-bond donors (Lipinski definition) is 1. The maximum atomic E-state index is 10.9. The first-order valence-corrected chi connectivity index (χ1v) is 7.05. The van der Waals surface area contributed by atoms with Crippen LogP contribution in [-0.4, -0.2) is 38.8 Å². The van der Waals surface area contributed by atoms with E-state index in [4.69, 9.17) is 5.11 Å². The largest absolute Gasteiger partial charge is 0.481 e. The van der Waals surface area contributed by atoms with Crippen LogP contribution in [0.4, 0.5) is 0 Å². The molecule has 1 atom stereocenters. The maximum Gasteiger partial charge on any atom is 0.306 e. The molecular weight excluding hydrogens is 242 g/mol. The highest BCUT2D eigenvalue weighted by Crippen LogP contribution is 2.25. The van der Waals surface area contributed by atoms with Crippen LogP contribution in [0.1, 0.15) is 32.2 Å². The summed E-state index contributed by atoms with van der Waals surface area (Å²) < 4.78 is 2.05. The Labute approximate surface area is 114 Å². The Hall–Kier alpha value is -1.36. The molecule has 0 saturated carbocycles. The average molecular weight is 265 g/mol. The third-order valence-corrected chi connectivity index (χ3v) is 4.04. The molecule has 0 aliphatic carbocycles. The van der Waals surface area contributed by atoms with Crippen LogP contribution in [0.15, 0.2) is 6.07 Å². The third-order valence-electron chi connectivity index (χ3n) is 4.04. The second kappa shape index (κ2) is 5.74. The summed E-state index contributed by atoms with van der Waals surface area (Å²) in [5.41, 5.74) is 2.37. The van der Waals surface area contributed by atoms with Gasteiger partial charge in [0.1, 0.15) is 0 Å². The van der Waals surface area contributed by atoms with Gasteiger partial charge in [-0.3, -0.25) is 14.4 Å². The van der Waals surface area contributed by atoms with Crippen molar-refractivity contribution >= 4 is 5.97 Å². The molecule has 1 aliphatic heterocycles. The molecule has 0 amide bonds. The average Bonchev–Trinajstić information content (AvgIpc) is 2.74. The number of hydrogen-bond acceptors (Lipinski definition) is 3. The smallest absolute Gasteiger partial charge is 0.306 e. The Morgan fingerprint density at radius 3 is 2.74 bits per heavy atom. The molecule has 1 fully saturated rings. The molecule has 0 spiro atoms. The molecule has 5 heteroatoms. The lowest BCUT2D eigenvalue weighted by molar-refractivity contribution is -0.145. The van der Waals surface area contributed by atoms with Crippen molar-refractivity contribution in [3.05, 3.63) is 17.5 Å². The van der Waals surface area contributed by atoms with E-state index in [0.717, 1.165) is 38.3 Å². The molecular formula is C14H23N3O2. The fraction of sp³-hybridized carbons (Fsp3) is 0.714. The van der Waals surface area contributed by atoms with E-state index in [1.807, 2.05) is 4.68 Å². The van der Waals surface area contributed by atoms with Gasteiger partial charge < -0.3 is 5.11 Å². The number of nitrogens with zero attached hydrogens (tertiary/aromatic N) is 3. The summed E-state index contributed by atoms with van der Waals surface area (Å²) in [5.74, 6) is -0.629. The molecule has 0 radical (unpaired) electrons. The first kappa shape index (κ1) is 14.1. The van der Waals surface area contributed by atoms with Crippen molar-refractivity contribution in [3.63, 3.8) is 0 Å². The predicted octanol–water partition coefficient (Wildman–Crippen LogP) is 1.62. The van der Waals surface area contributed by atoms with Gasteiger partial charge in [-0.2, -0.15) is 5.10 Å². The van der Waals surface area contributed by atoms with Gasteiger partial charge in [0.05, 0.1) is 17.3 Å². The highest BCUT2D eigenvalue weighted by Gasteiger charge is 2.34. The van der Waals surface area contributed by atoms with E-state index in [1.54, 1.807) is 6.92 Å². The Morgan fingerprint density at radius 1 is 1.53 bits per heavy atom. The van der Waals surface area contributed by atoms with E-state index in [0.29, 0.717) is 5.92 Å². The Balaban J connectivity index is 1.90. The molecule has 1 aromatic heterocycles. The van der Waals surface area contributed by atoms with Crippen molar-refractivity contribution in [1.82, 2.24) is 14.7 Å². The highest BCUT2D eigenvalue weighted by atomic mass is 16.4. The fourth-order valence-electron chi connectivity index (χ4n) is 2.57. The van der Waals surface area contributed by atoms with Crippen molar-refractivity contribution in [2.75, 3.05) is 13.1 Å². The monoisotopic (exact) mass is 265 g/mol. The minimum absolute atomic E-state index is 0.237. The molecule has 106 valence electrons. The first-order chi connectivity index (χ1) is 9.05. The zero-order valence-electron chi connectivity index (χ0n) is 12.0. The number of carboxylic acid groups (broad SMARTS) is 1. The lowest BCUT2D eigenvalue weighted by atomic mass is 9.87. The number of carbonyl (C=O) groups is 1. The first-order valence-electron chi connectivity index (χ1n) is 7.05. The van der Waals surface area contributed by atoms with Crippen LogP contribution in [0.5, 0.6) is 0 Å². The van der Waals surface area contributed by atoms with E-state index < -0.39 is 5.97 Å². The van der Waals surface area contributed by atoms with E-state index in [1.165, 1.54) is 5.69 Å². The van der Waals surface area contributed by atoms with Gasteiger partial charge in [0.15, 0.2) is 0 Å². The van der Waals surface area contributed by atoms with Crippen molar-refractivity contribution < 1.29 is 9.90 Å². The molecule has 19 heavy (non-hydrogen) atoms. The Kier molecular flexibility index (Phi) is 4.24. The quantitative estimate of drug-likeness (QED) is 0.849. The van der Waals surface area contributed by atoms with Crippen molar-refractivity contribution in [3.8, 4) is 0 Å². The summed E-state index contributed by atoms with van der Waals surface area (Å²) in [5, 5.41) is 13.5. The van der Waals surface area contributed by atoms with E-state index in [9.17, 15) is 4.79 Å². The van der Waals surface area contributed by atoms with Crippen LogP contribution < -0.4 is 0 Å². The highest BCUT2D eigenvalue weighted by molar-refractivity contribution is 5.70. The standard InChI is InChI=1S/C14H23N3O2/c1-4-12-6-13(17(5-2)15-12)9-16-7-11(8-16)10(3)14(18)19/h6,10-11H,4-5,7-9H2,1-3H3,(H,18,19). The summed E-state index contributed by atoms with van der Waals surface area (Å²) in [6, 6.07) is 2.16. The number of carboxylic acids is 1. The van der Waals surface area contributed by atoms with Gasteiger partial charge in [-0.25, -0.2) is 0 Å². The van der Waals surface area contributed by atoms with Crippen LogP contribution in [-0.2, 0) is 24.3 Å². The van der Waals surface area contributed by atoms with Gasteiger partial charge in [-0.15, -0.1) is 0 Å². The number of likely N-dealkylation sites (tertiary alicyclic amines) is 1. The fourth-order valence-corrected chi connectivity index (χ4v) is 2.57. The summed E-state index contributed by atoms with van der Waals surface area (Å²) in [7, 11) is 0. The predicted molar refractivity (Wildman–Crippen MR) is 72.8 cm³/mol. The zero-order chi connectivity index (χ0) is 14.0. The van der Waals surface area contributed by atoms with Gasteiger partial charge in [-0.05, 0) is 25.3 Å². The Bertz CT molecular complexity index is 450. The van der Waals surface area contributed by atoms with Crippen LogP contribution >= 0.6 is 0 Å². The van der Waals surface area contributed by atoms with Crippen LogP contribution in [0.25, 0.3) is 0 Å². The third kappa shape index (κ3) is 2.97.